The van der Waals surface area contributed by atoms with Gasteiger partial charge in [-0.1, -0.05) is 28.1 Å². The van der Waals surface area contributed by atoms with Crippen molar-refractivity contribution in [2.45, 2.75) is 6.61 Å². The third-order valence-electron chi connectivity index (χ3n) is 2.80. The van der Waals surface area contributed by atoms with Gasteiger partial charge in [-0.2, -0.15) is 0 Å². The van der Waals surface area contributed by atoms with Gasteiger partial charge in [-0.3, -0.25) is 0 Å². The van der Waals surface area contributed by atoms with Crippen LogP contribution in [-0.2, 0) is 6.61 Å². The molecule has 0 atom stereocenters. The molecule has 0 aromatic heterocycles. The maximum atomic E-state index is 13.7. The third kappa shape index (κ3) is 4.15. The van der Waals surface area contributed by atoms with Crippen molar-refractivity contribution in [3.05, 3.63) is 57.8 Å². The van der Waals surface area contributed by atoms with Crippen LogP contribution in [0.3, 0.4) is 0 Å². The number of thiocarbonyl (C=S) groups is 1. The van der Waals surface area contributed by atoms with Crippen LogP contribution in [0.1, 0.15) is 11.1 Å². The monoisotopic (exact) mass is 369 g/mol. The lowest BCUT2D eigenvalue weighted by molar-refractivity contribution is 0.297. The van der Waals surface area contributed by atoms with E-state index in [4.69, 9.17) is 27.4 Å². The highest BCUT2D eigenvalue weighted by atomic mass is 79.9. The summed E-state index contributed by atoms with van der Waals surface area (Å²) in [4.78, 5) is 0.243. The smallest absolute Gasteiger partial charge is 0.129 e. The van der Waals surface area contributed by atoms with E-state index in [-0.39, 0.29) is 17.4 Å². The second-order valence-electron chi connectivity index (χ2n) is 4.29. The van der Waals surface area contributed by atoms with Crippen LogP contribution in [0.5, 0.6) is 11.5 Å². The zero-order valence-corrected chi connectivity index (χ0v) is 13.6. The normalized spacial score (nSPS) is 10.2. The minimum absolute atomic E-state index is 0.0925. The number of methoxy groups -OCH3 is 1. The van der Waals surface area contributed by atoms with Crippen LogP contribution in [0.25, 0.3) is 0 Å². The van der Waals surface area contributed by atoms with Crippen molar-refractivity contribution in [2.75, 3.05) is 7.11 Å². The first-order chi connectivity index (χ1) is 9.99. The first-order valence-electron chi connectivity index (χ1n) is 6.05. The molecule has 0 heterocycles. The number of ether oxygens (including phenoxy) is 2. The Morgan fingerprint density at radius 1 is 1.24 bits per heavy atom. The Bertz CT molecular complexity index is 679. The summed E-state index contributed by atoms with van der Waals surface area (Å²) in [5.41, 5.74) is 6.69. The molecule has 0 aliphatic rings. The summed E-state index contributed by atoms with van der Waals surface area (Å²) >= 11 is 8.25. The molecule has 0 saturated heterocycles. The molecular weight excluding hydrogens is 357 g/mol. The highest BCUT2D eigenvalue weighted by Gasteiger charge is 2.07. The molecule has 0 aliphatic carbocycles. The summed E-state index contributed by atoms with van der Waals surface area (Å²) in [6.07, 6.45) is 0. The lowest BCUT2D eigenvalue weighted by atomic mass is 10.2. The standard InChI is InChI=1S/C15H13BrFNO2S/c1-19-12-5-9(15(18)21)6-13(7-12)20-8-10-4-11(16)2-3-14(10)17/h2-7H,8H2,1H3,(H2,18,21). The van der Waals surface area contributed by atoms with Gasteiger partial charge in [0, 0.05) is 21.7 Å². The topological polar surface area (TPSA) is 44.5 Å². The minimum atomic E-state index is -0.323. The Balaban J connectivity index is 2.21. The number of hydrogen-bond donors (Lipinski definition) is 1. The highest BCUT2D eigenvalue weighted by molar-refractivity contribution is 9.10. The fraction of sp³-hybridized carbons (Fsp3) is 0.133. The number of nitrogens with two attached hydrogens (primary N) is 1. The Morgan fingerprint density at radius 2 is 1.95 bits per heavy atom. The molecule has 0 radical (unpaired) electrons. The molecule has 0 amide bonds. The van der Waals surface area contributed by atoms with E-state index in [2.05, 4.69) is 15.9 Å². The van der Waals surface area contributed by atoms with E-state index in [0.29, 0.717) is 22.6 Å². The van der Waals surface area contributed by atoms with Gasteiger partial charge in [-0.15, -0.1) is 0 Å². The summed E-state index contributed by atoms with van der Waals surface area (Å²) in [5.74, 6) is 0.761. The van der Waals surface area contributed by atoms with Gasteiger partial charge in [0.1, 0.15) is 28.9 Å². The molecule has 6 heteroatoms. The molecule has 0 saturated carbocycles. The number of benzene rings is 2. The van der Waals surface area contributed by atoms with Crippen LogP contribution in [-0.4, -0.2) is 12.1 Å². The molecule has 21 heavy (non-hydrogen) atoms. The Hall–Kier alpha value is -1.66. The van der Waals surface area contributed by atoms with Crippen molar-refractivity contribution in [1.82, 2.24) is 0 Å². The van der Waals surface area contributed by atoms with Gasteiger partial charge in [-0.25, -0.2) is 4.39 Å². The fourth-order valence-electron chi connectivity index (χ4n) is 1.73. The summed E-state index contributed by atoms with van der Waals surface area (Å²) in [7, 11) is 1.54. The Labute approximate surface area is 136 Å². The number of rotatable bonds is 5. The van der Waals surface area contributed by atoms with E-state index in [9.17, 15) is 4.39 Å². The van der Waals surface area contributed by atoms with E-state index in [0.717, 1.165) is 4.47 Å². The molecule has 2 N–H and O–H groups in total. The van der Waals surface area contributed by atoms with Crippen molar-refractivity contribution in [1.29, 1.82) is 0 Å². The van der Waals surface area contributed by atoms with Gasteiger partial charge in [0.25, 0.3) is 0 Å². The van der Waals surface area contributed by atoms with E-state index in [1.54, 1.807) is 30.3 Å². The third-order valence-corrected chi connectivity index (χ3v) is 3.53. The van der Waals surface area contributed by atoms with Crippen molar-refractivity contribution in [3.8, 4) is 11.5 Å². The van der Waals surface area contributed by atoms with Crippen molar-refractivity contribution >= 4 is 33.1 Å². The predicted octanol–water partition coefficient (Wildman–Crippen LogP) is 3.81. The van der Waals surface area contributed by atoms with Crippen LogP contribution in [0, 0.1) is 5.82 Å². The molecule has 2 rings (SSSR count). The van der Waals surface area contributed by atoms with Gasteiger partial charge in [0.05, 0.1) is 7.11 Å². The lowest BCUT2D eigenvalue weighted by Gasteiger charge is -2.11. The minimum Gasteiger partial charge on any atom is -0.497 e. The average Bonchev–Trinajstić information content (AvgIpc) is 2.47. The molecule has 0 bridgehead atoms. The zero-order valence-electron chi connectivity index (χ0n) is 11.2. The van der Waals surface area contributed by atoms with Crippen molar-refractivity contribution < 1.29 is 13.9 Å². The zero-order chi connectivity index (χ0) is 15.4. The first-order valence-corrected chi connectivity index (χ1v) is 7.25. The molecular formula is C15H13BrFNO2S. The number of halogens is 2. The van der Waals surface area contributed by atoms with E-state index < -0.39 is 0 Å². The summed E-state index contributed by atoms with van der Waals surface area (Å²) in [5, 5.41) is 0. The summed E-state index contributed by atoms with van der Waals surface area (Å²) in [6.45, 7) is 0.0925. The lowest BCUT2D eigenvalue weighted by Crippen LogP contribution is -2.10. The fourth-order valence-corrected chi connectivity index (χ4v) is 2.26. The molecule has 0 unspecified atom stereocenters. The largest absolute Gasteiger partial charge is 0.497 e. The first kappa shape index (κ1) is 15.7. The van der Waals surface area contributed by atoms with Crippen molar-refractivity contribution in [2.24, 2.45) is 5.73 Å². The molecule has 110 valence electrons. The quantitative estimate of drug-likeness (QED) is 0.813. The predicted molar refractivity (Wildman–Crippen MR) is 87.3 cm³/mol. The molecule has 0 fully saturated rings. The van der Waals surface area contributed by atoms with Gasteiger partial charge in [-0.05, 0) is 30.3 Å². The maximum Gasteiger partial charge on any atom is 0.129 e. The van der Waals surface area contributed by atoms with Crippen LogP contribution in [0.4, 0.5) is 4.39 Å². The van der Waals surface area contributed by atoms with Gasteiger partial charge in [0.15, 0.2) is 0 Å². The van der Waals surface area contributed by atoms with E-state index in [1.165, 1.54) is 13.2 Å². The van der Waals surface area contributed by atoms with Gasteiger partial charge in [0.2, 0.25) is 0 Å². The molecule has 0 spiro atoms. The van der Waals surface area contributed by atoms with Crippen LogP contribution in [0.2, 0.25) is 0 Å². The van der Waals surface area contributed by atoms with Crippen LogP contribution in [0.15, 0.2) is 40.9 Å². The maximum absolute atomic E-state index is 13.7. The number of hydrogen-bond acceptors (Lipinski definition) is 3. The van der Waals surface area contributed by atoms with Gasteiger partial charge < -0.3 is 15.2 Å². The van der Waals surface area contributed by atoms with Crippen molar-refractivity contribution in [3.63, 3.8) is 0 Å². The SMILES string of the molecule is COc1cc(OCc2cc(Br)ccc2F)cc(C(N)=S)c1. The molecule has 0 aliphatic heterocycles. The summed E-state index contributed by atoms with van der Waals surface area (Å²) < 4.78 is 25.2. The second-order valence-corrected chi connectivity index (χ2v) is 5.64. The Morgan fingerprint density at radius 3 is 2.62 bits per heavy atom. The van der Waals surface area contributed by atoms with E-state index >= 15 is 0 Å². The van der Waals surface area contributed by atoms with Crippen LogP contribution >= 0.6 is 28.1 Å². The molecule has 2 aromatic rings. The molecule has 2 aromatic carbocycles. The van der Waals surface area contributed by atoms with Gasteiger partial charge >= 0.3 is 0 Å². The van der Waals surface area contributed by atoms with Crippen LogP contribution < -0.4 is 15.2 Å². The second kappa shape index (κ2) is 6.87. The summed E-state index contributed by atoms with van der Waals surface area (Å²) in [6, 6.07) is 9.79. The Kier molecular flexibility index (Phi) is 5.14. The average molecular weight is 370 g/mol. The highest BCUT2D eigenvalue weighted by Crippen LogP contribution is 2.24. The van der Waals surface area contributed by atoms with E-state index in [1.807, 2.05) is 0 Å². The molecule has 3 nitrogen and oxygen atoms in total.